The van der Waals surface area contributed by atoms with E-state index < -0.39 is 0 Å². The zero-order chi connectivity index (χ0) is 18.2. The van der Waals surface area contributed by atoms with Crippen molar-refractivity contribution in [3.63, 3.8) is 0 Å². The highest BCUT2D eigenvalue weighted by molar-refractivity contribution is 5.79. The van der Waals surface area contributed by atoms with Crippen LogP contribution in [0, 0.1) is 6.92 Å². The summed E-state index contributed by atoms with van der Waals surface area (Å²) in [5.41, 5.74) is 2.43. The van der Waals surface area contributed by atoms with Crippen LogP contribution in [0.25, 0.3) is 0 Å². The summed E-state index contributed by atoms with van der Waals surface area (Å²) in [4.78, 5) is 8.44. The Labute approximate surface area is 152 Å². The molecule has 0 aliphatic rings. The molecule has 0 unspecified atom stereocenters. The summed E-state index contributed by atoms with van der Waals surface area (Å²) in [6.07, 6.45) is 4.40. The van der Waals surface area contributed by atoms with Gasteiger partial charge in [0, 0.05) is 39.0 Å². The molecular weight excluding hydrogens is 330 g/mol. The fraction of sp³-hybridized carbons (Fsp3) is 0.333. The van der Waals surface area contributed by atoms with Gasteiger partial charge in [-0.1, -0.05) is 29.4 Å². The van der Waals surface area contributed by atoms with Crippen LogP contribution in [0.15, 0.2) is 52.2 Å². The Morgan fingerprint density at radius 1 is 1.19 bits per heavy atom. The molecule has 0 aliphatic heterocycles. The Balaban J connectivity index is 1.52. The standard InChI is InChI=1S/C18H23N7O/c1-14-23-17(26-24-14)8-10-20-18(19-2)21-12-15-6-3-4-7-16(15)13-25-11-5-9-22-25/h3-7,9,11H,8,10,12-13H2,1-2H3,(H2,19,20,21). The van der Waals surface area contributed by atoms with Crippen LogP contribution in [-0.4, -0.2) is 39.5 Å². The fourth-order valence-electron chi connectivity index (χ4n) is 2.58. The predicted molar refractivity (Wildman–Crippen MR) is 98.7 cm³/mol. The molecule has 0 spiro atoms. The molecule has 26 heavy (non-hydrogen) atoms. The summed E-state index contributed by atoms with van der Waals surface area (Å²) < 4.78 is 7.02. The number of hydrogen-bond acceptors (Lipinski definition) is 5. The second kappa shape index (κ2) is 8.80. The van der Waals surface area contributed by atoms with Gasteiger partial charge in [0.2, 0.25) is 5.89 Å². The van der Waals surface area contributed by atoms with Crippen molar-refractivity contribution in [2.24, 2.45) is 4.99 Å². The van der Waals surface area contributed by atoms with Crippen LogP contribution in [0.1, 0.15) is 22.8 Å². The Kier molecular flexibility index (Phi) is 5.97. The highest BCUT2D eigenvalue weighted by Crippen LogP contribution is 2.10. The summed E-state index contributed by atoms with van der Waals surface area (Å²) in [5, 5.41) is 14.7. The maximum absolute atomic E-state index is 5.11. The molecule has 8 heteroatoms. The lowest BCUT2D eigenvalue weighted by Crippen LogP contribution is -2.38. The molecule has 0 atom stereocenters. The lowest BCUT2D eigenvalue weighted by atomic mass is 10.1. The normalized spacial score (nSPS) is 11.5. The van der Waals surface area contributed by atoms with Crippen molar-refractivity contribution in [3.05, 3.63) is 65.6 Å². The molecule has 2 heterocycles. The quantitative estimate of drug-likeness (QED) is 0.494. The van der Waals surface area contributed by atoms with Crippen LogP contribution in [-0.2, 0) is 19.5 Å². The van der Waals surface area contributed by atoms with Crippen molar-refractivity contribution in [1.29, 1.82) is 0 Å². The number of benzene rings is 1. The number of guanidine groups is 1. The minimum atomic E-state index is 0.620. The first kappa shape index (κ1) is 17.7. The van der Waals surface area contributed by atoms with E-state index in [0.29, 0.717) is 31.2 Å². The van der Waals surface area contributed by atoms with Crippen molar-refractivity contribution in [2.45, 2.75) is 26.4 Å². The predicted octanol–water partition coefficient (Wildman–Crippen LogP) is 1.53. The first-order valence-electron chi connectivity index (χ1n) is 8.52. The van der Waals surface area contributed by atoms with Gasteiger partial charge in [-0.3, -0.25) is 9.67 Å². The van der Waals surface area contributed by atoms with Crippen LogP contribution in [0.4, 0.5) is 0 Å². The molecule has 136 valence electrons. The molecule has 0 saturated heterocycles. The monoisotopic (exact) mass is 353 g/mol. The molecule has 8 nitrogen and oxygen atoms in total. The van der Waals surface area contributed by atoms with Gasteiger partial charge >= 0.3 is 0 Å². The van der Waals surface area contributed by atoms with E-state index in [9.17, 15) is 0 Å². The number of aryl methyl sites for hydroxylation is 1. The van der Waals surface area contributed by atoms with Crippen molar-refractivity contribution >= 4 is 5.96 Å². The number of nitrogens with one attached hydrogen (secondary N) is 2. The van der Waals surface area contributed by atoms with Crippen LogP contribution in [0.2, 0.25) is 0 Å². The lowest BCUT2D eigenvalue weighted by molar-refractivity contribution is 0.374. The van der Waals surface area contributed by atoms with Gasteiger partial charge in [-0.25, -0.2) is 0 Å². The zero-order valence-electron chi connectivity index (χ0n) is 15.0. The minimum Gasteiger partial charge on any atom is -0.356 e. The molecule has 2 N–H and O–H groups in total. The Bertz CT molecular complexity index is 839. The average molecular weight is 353 g/mol. The molecule has 0 bridgehead atoms. The number of aromatic nitrogens is 4. The Morgan fingerprint density at radius 3 is 2.73 bits per heavy atom. The molecule has 0 aliphatic carbocycles. The molecule has 0 fully saturated rings. The topological polar surface area (TPSA) is 93.2 Å². The van der Waals surface area contributed by atoms with E-state index in [1.165, 1.54) is 11.1 Å². The Morgan fingerprint density at radius 2 is 2.04 bits per heavy atom. The van der Waals surface area contributed by atoms with Gasteiger partial charge in [0.05, 0.1) is 6.54 Å². The van der Waals surface area contributed by atoms with Gasteiger partial charge in [0.15, 0.2) is 11.8 Å². The highest BCUT2D eigenvalue weighted by Gasteiger charge is 2.06. The van der Waals surface area contributed by atoms with Gasteiger partial charge in [-0.15, -0.1) is 0 Å². The van der Waals surface area contributed by atoms with E-state index in [4.69, 9.17) is 4.52 Å². The van der Waals surface area contributed by atoms with Gasteiger partial charge in [0.1, 0.15) is 0 Å². The first-order chi connectivity index (χ1) is 12.7. The average Bonchev–Trinajstić information content (AvgIpc) is 3.31. The fourth-order valence-corrected chi connectivity index (χ4v) is 2.58. The second-order valence-corrected chi connectivity index (χ2v) is 5.81. The SMILES string of the molecule is CN=C(NCCc1nc(C)no1)NCc1ccccc1Cn1cccn1. The molecule has 3 rings (SSSR count). The third-order valence-electron chi connectivity index (χ3n) is 3.88. The van der Waals surface area contributed by atoms with Gasteiger partial charge in [-0.05, 0) is 24.1 Å². The summed E-state index contributed by atoms with van der Waals surface area (Å²) in [6, 6.07) is 10.2. The molecule has 0 radical (unpaired) electrons. The van der Waals surface area contributed by atoms with Crippen molar-refractivity contribution in [2.75, 3.05) is 13.6 Å². The third-order valence-corrected chi connectivity index (χ3v) is 3.88. The Hall–Kier alpha value is -3.16. The van der Waals surface area contributed by atoms with E-state index in [-0.39, 0.29) is 0 Å². The summed E-state index contributed by atoms with van der Waals surface area (Å²) in [5.74, 6) is 2.00. The summed E-state index contributed by atoms with van der Waals surface area (Å²) in [7, 11) is 1.75. The van der Waals surface area contributed by atoms with E-state index in [0.717, 1.165) is 12.5 Å². The van der Waals surface area contributed by atoms with Crippen molar-refractivity contribution in [3.8, 4) is 0 Å². The molecule has 1 aromatic carbocycles. The van der Waals surface area contributed by atoms with E-state index in [1.54, 1.807) is 13.2 Å². The highest BCUT2D eigenvalue weighted by atomic mass is 16.5. The van der Waals surface area contributed by atoms with E-state index in [2.05, 4.69) is 43.0 Å². The minimum absolute atomic E-state index is 0.620. The van der Waals surface area contributed by atoms with Crippen LogP contribution < -0.4 is 10.6 Å². The molecule has 0 saturated carbocycles. The molecular formula is C18H23N7O. The maximum atomic E-state index is 5.11. The summed E-state index contributed by atoms with van der Waals surface area (Å²) in [6.45, 7) is 3.89. The summed E-state index contributed by atoms with van der Waals surface area (Å²) >= 11 is 0. The van der Waals surface area contributed by atoms with Crippen molar-refractivity contribution in [1.82, 2.24) is 30.6 Å². The van der Waals surface area contributed by atoms with Gasteiger partial charge < -0.3 is 15.2 Å². The molecule has 2 aromatic heterocycles. The van der Waals surface area contributed by atoms with E-state index in [1.807, 2.05) is 36.0 Å². The lowest BCUT2D eigenvalue weighted by Gasteiger charge is -2.14. The number of hydrogen-bond donors (Lipinski definition) is 2. The largest absolute Gasteiger partial charge is 0.356 e. The maximum Gasteiger partial charge on any atom is 0.228 e. The van der Waals surface area contributed by atoms with Gasteiger partial charge in [-0.2, -0.15) is 10.1 Å². The van der Waals surface area contributed by atoms with Gasteiger partial charge in [0.25, 0.3) is 0 Å². The van der Waals surface area contributed by atoms with Crippen LogP contribution >= 0.6 is 0 Å². The third kappa shape index (κ3) is 4.92. The molecule has 3 aromatic rings. The van der Waals surface area contributed by atoms with Crippen LogP contribution in [0.5, 0.6) is 0 Å². The number of rotatable bonds is 7. The van der Waals surface area contributed by atoms with Crippen LogP contribution in [0.3, 0.4) is 0 Å². The molecule has 0 amide bonds. The first-order valence-corrected chi connectivity index (χ1v) is 8.52. The smallest absolute Gasteiger partial charge is 0.228 e. The second-order valence-electron chi connectivity index (χ2n) is 5.81. The number of aliphatic imine (C=N–C) groups is 1. The number of nitrogens with zero attached hydrogens (tertiary/aromatic N) is 5. The van der Waals surface area contributed by atoms with Crippen molar-refractivity contribution < 1.29 is 4.52 Å². The zero-order valence-corrected chi connectivity index (χ0v) is 15.0. The van der Waals surface area contributed by atoms with E-state index >= 15 is 0 Å².